The molecule has 1 atom stereocenters. The van der Waals surface area contributed by atoms with E-state index in [0.29, 0.717) is 26.2 Å². The Balaban J connectivity index is 2.00. The van der Waals surface area contributed by atoms with E-state index < -0.39 is 16.1 Å². The van der Waals surface area contributed by atoms with Crippen molar-refractivity contribution in [2.75, 3.05) is 32.4 Å². The highest BCUT2D eigenvalue weighted by atomic mass is 32.2. The number of carbonyl (C=O) groups is 2. The quantitative estimate of drug-likeness (QED) is 0.772. The number of rotatable bonds is 4. The van der Waals surface area contributed by atoms with Crippen LogP contribution in [0.4, 0.5) is 0 Å². The second kappa shape index (κ2) is 6.95. The van der Waals surface area contributed by atoms with Crippen LogP contribution < -0.4 is 5.32 Å². The van der Waals surface area contributed by atoms with Gasteiger partial charge in [0.1, 0.15) is 6.04 Å². The number of hydrogen-bond donors (Lipinski definition) is 1. The number of amides is 2. The summed E-state index contributed by atoms with van der Waals surface area (Å²) in [6.45, 7) is 2.84. The minimum Gasteiger partial charge on any atom is -0.344 e. The van der Waals surface area contributed by atoms with Gasteiger partial charge in [0.05, 0.1) is 6.26 Å². The standard InChI is InChI=1S/C14H25N3O4S/c1-11(18)15-13(12-5-3-4-6-12)14(19)16-7-9-17(10-8-16)22(2,20)21/h12-13H,3-10H2,1-2H3,(H,15,18). The van der Waals surface area contributed by atoms with Gasteiger partial charge in [-0.1, -0.05) is 12.8 Å². The third-order valence-electron chi connectivity index (χ3n) is 4.52. The van der Waals surface area contributed by atoms with E-state index >= 15 is 0 Å². The van der Waals surface area contributed by atoms with E-state index in [2.05, 4.69) is 5.32 Å². The molecule has 0 aromatic rings. The smallest absolute Gasteiger partial charge is 0.245 e. The molecule has 1 unspecified atom stereocenters. The summed E-state index contributed by atoms with van der Waals surface area (Å²) < 4.78 is 24.4. The third-order valence-corrected chi connectivity index (χ3v) is 5.82. The second-order valence-electron chi connectivity index (χ2n) is 6.21. The number of nitrogens with zero attached hydrogens (tertiary/aromatic N) is 2. The molecule has 7 nitrogen and oxygen atoms in total. The van der Waals surface area contributed by atoms with Crippen molar-refractivity contribution < 1.29 is 18.0 Å². The molecule has 2 fully saturated rings. The van der Waals surface area contributed by atoms with Crippen LogP contribution in [-0.4, -0.2) is 67.9 Å². The average molecular weight is 331 g/mol. The summed E-state index contributed by atoms with van der Waals surface area (Å²) in [6.07, 6.45) is 5.29. The first-order valence-corrected chi connectivity index (χ1v) is 9.65. The molecule has 1 aliphatic carbocycles. The lowest BCUT2D eigenvalue weighted by molar-refractivity contribution is -0.138. The summed E-state index contributed by atoms with van der Waals surface area (Å²) >= 11 is 0. The maximum atomic E-state index is 12.7. The first-order chi connectivity index (χ1) is 10.3. The van der Waals surface area contributed by atoms with Crippen molar-refractivity contribution in [3.8, 4) is 0 Å². The van der Waals surface area contributed by atoms with Crippen molar-refractivity contribution in [3.05, 3.63) is 0 Å². The lowest BCUT2D eigenvalue weighted by Crippen LogP contribution is -2.57. The highest BCUT2D eigenvalue weighted by Gasteiger charge is 2.36. The van der Waals surface area contributed by atoms with Crippen LogP contribution in [0.15, 0.2) is 0 Å². The highest BCUT2D eigenvalue weighted by Crippen LogP contribution is 2.29. The third kappa shape index (κ3) is 4.19. The van der Waals surface area contributed by atoms with Gasteiger partial charge in [0.15, 0.2) is 0 Å². The molecule has 8 heteroatoms. The molecule has 0 aromatic carbocycles. The van der Waals surface area contributed by atoms with Crippen LogP contribution in [-0.2, 0) is 19.6 Å². The Hall–Kier alpha value is -1.15. The van der Waals surface area contributed by atoms with Gasteiger partial charge in [-0.3, -0.25) is 9.59 Å². The van der Waals surface area contributed by atoms with Gasteiger partial charge >= 0.3 is 0 Å². The van der Waals surface area contributed by atoms with Gasteiger partial charge in [-0.05, 0) is 18.8 Å². The summed E-state index contributed by atoms with van der Waals surface area (Å²) in [5.74, 6) is -0.0698. The highest BCUT2D eigenvalue weighted by molar-refractivity contribution is 7.88. The molecule has 1 aliphatic heterocycles. The molecule has 0 radical (unpaired) electrons. The number of hydrogen-bond acceptors (Lipinski definition) is 4. The minimum atomic E-state index is -3.20. The lowest BCUT2D eigenvalue weighted by atomic mass is 9.96. The van der Waals surface area contributed by atoms with Crippen LogP contribution in [0, 0.1) is 5.92 Å². The number of sulfonamides is 1. The summed E-state index contributed by atoms with van der Waals surface area (Å²) in [4.78, 5) is 25.8. The van der Waals surface area contributed by atoms with Gasteiger partial charge in [0, 0.05) is 33.1 Å². The van der Waals surface area contributed by atoms with Crippen LogP contribution in [0.25, 0.3) is 0 Å². The van der Waals surface area contributed by atoms with Gasteiger partial charge < -0.3 is 10.2 Å². The van der Waals surface area contributed by atoms with Crippen LogP contribution in [0.2, 0.25) is 0 Å². The second-order valence-corrected chi connectivity index (χ2v) is 8.19. The van der Waals surface area contributed by atoms with Gasteiger partial charge in [-0.2, -0.15) is 4.31 Å². The molecule has 2 rings (SSSR count). The van der Waals surface area contributed by atoms with Crippen LogP contribution in [0.3, 0.4) is 0 Å². The normalized spacial score (nSPS) is 22.5. The Morgan fingerprint density at radius 1 is 1.09 bits per heavy atom. The van der Waals surface area contributed by atoms with Gasteiger partial charge in [-0.15, -0.1) is 0 Å². The molecular weight excluding hydrogens is 306 g/mol. The number of piperazine rings is 1. The van der Waals surface area contributed by atoms with E-state index in [1.807, 2.05) is 0 Å². The van der Waals surface area contributed by atoms with Gasteiger partial charge in [0.25, 0.3) is 0 Å². The average Bonchev–Trinajstić information content (AvgIpc) is 2.97. The molecule has 0 aromatic heterocycles. The predicted molar refractivity (Wildman–Crippen MR) is 82.6 cm³/mol. The van der Waals surface area contributed by atoms with Gasteiger partial charge in [-0.25, -0.2) is 8.42 Å². The van der Waals surface area contributed by atoms with E-state index in [0.717, 1.165) is 25.7 Å². The Bertz CT molecular complexity index is 520. The fraction of sp³-hybridized carbons (Fsp3) is 0.857. The predicted octanol–water partition coefficient (Wildman–Crippen LogP) is -0.215. The molecule has 126 valence electrons. The first kappa shape index (κ1) is 17.2. The Labute approximate surface area is 132 Å². The minimum absolute atomic E-state index is 0.0738. The number of carbonyl (C=O) groups excluding carboxylic acids is 2. The molecule has 22 heavy (non-hydrogen) atoms. The van der Waals surface area contributed by atoms with E-state index in [9.17, 15) is 18.0 Å². The maximum Gasteiger partial charge on any atom is 0.245 e. The SMILES string of the molecule is CC(=O)NC(C(=O)N1CCN(S(C)(=O)=O)CC1)C1CCCC1. The van der Waals surface area contributed by atoms with Crippen molar-refractivity contribution in [3.63, 3.8) is 0 Å². The van der Waals surface area contributed by atoms with Gasteiger partial charge in [0.2, 0.25) is 21.8 Å². The molecular formula is C14H25N3O4S. The Kier molecular flexibility index (Phi) is 5.44. The fourth-order valence-corrected chi connectivity index (χ4v) is 4.15. The fourth-order valence-electron chi connectivity index (χ4n) is 3.33. The molecule has 2 aliphatic rings. The summed E-state index contributed by atoms with van der Waals surface area (Å²) in [5, 5.41) is 2.80. The van der Waals surface area contributed by atoms with Crippen molar-refractivity contribution in [1.29, 1.82) is 0 Å². The Morgan fingerprint density at radius 3 is 2.09 bits per heavy atom. The Morgan fingerprint density at radius 2 is 1.64 bits per heavy atom. The molecule has 0 bridgehead atoms. The van der Waals surface area contributed by atoms with Crippen LogP contribution >= 0.6 is 0 Å². The summed E-state index contributed by atoms with van der Waals surface area (Å²) in [7, 11) is -3.20. The van der Waals surface area contributed by atoms with Crippen molar-refractivity contribution in [1.82, 2.24) is 14.5 Å². The monoisotopic (exact) mass is 331 g/mol. The zero-order valence-corrected chi connectivity index (χ0v) is 14.1. The van der Waals surface area contributed by atoms with Crippen LogP contribution in [0.1, 0.15) is 32.6 Å². The molecule has 2 amide bonds. The van der Waals surface area contributed by atoms with Crippen molar-refractivity contribution >= 4 is 21.8 Å². The molecule has 1 N–H and O–H groups in total. The van der Waals surface area contributed by atoms with E-state index in [1.165, 1.54) is 17.5 Å². The van der Waals surface area contributed by atoms with E-state index in [4.69, 9.17) is 0 Å². The molecule has 1 saturated carbocycles. The molecule has 0 spiro atoms. The van der Waals surface area contributed by atoms with Crippen molar-refractivity contribution in [2.45, 2.75) is 38.6 Å². The van der Waals surface area contributed by atoms with Crippen LogP contribution in [0.5, 0.6) is 0 Å². The first-order valence-electron chi connectivity index (χ1n) is 7.80. The summed E-state index contributed by atoms with van der Waals surface area (Å²) in [6, 6.07) is -0.468. The zero-order valence-electron chi connectivity index (χ0n) is 13.2. The topological polar surface area (TPSA) is 86.8 Å². The lowest BCUT2D eigenvalue weighted by Gasteiger charge is -2.36. The molecule has 1 heterocycles. The maximum absolute atomic E-state index is 12.7. The number of nitrogens with one attached hydrogen (secondary N) is 1. The zero-order chi connectivity index (χ0) is 16.3. The van der Waals surface area contributed by atoms with E-state index in [-0.39, 0.29) is 17.7 Å². The largest absolute Gasteiger partial charge is 0.344 e. The van der Waals surface area contributed by atoms with Crippen molar-refractivity contribution in [2.24, 2.45) is 5.92 Å². The molecule has 1 saturated heterocycles. The summed E-state index contributed by atoms with van der Waals surface area (Å²) in [5.41, 5.74) is 0. The van der Waals surface area contributed by atoms with E-state index in [1.54, 1.807) is 4.90 Å².